The van der Waals surface area contributed by atoms with Gasteiger partial charge in [-0.05, 0) is 103 Å². The van der Waals surface area contributed by atoms with Gasteiger partial charge in [-0.15, -0.1) is 5.92 Å². The van der Waals surface area contributed by atoms with E-state index in [1.54, 1.807) is 0 Å². The fourth-order valence-corrected chi connectivity index (χ4v) is 7.64. The molecule has 226 valence electrons. The Hall–Kier alpha value is -5.57. The van der Waals surface area contributed by atoms with Crippen molar-refractivity contribution in [2.75, 3.05) is 4.90 Å². The predicted molar refractivity (Wildman–Crippen MR) is 198 cm³/mol. The summed E-state index contributed by atoms with van der Waals surface area (Å²) in [6, 6.07) is 34.2. The van der Waals surface area contributed by atoms with Crippen molar-refractivity contribution in [3.8, 4) is 23.7 Å². The molecule has 0 N–H and O–H groups in total. The zero-order valence-corrected chi connectivity index (χ0v) is 27.5. The molecule has 0 bridgehead atoms. The molecule has 0 unspecified atom stereocenters. The van der Waals surface area contributed by atoms with E-state index < -0.39 is 0 Å². The van der Waals surface area contributed by atoms with Gasteiger partial charge in [-0.3, -0.25) is 4.79 Å². The summed E-state index contributed by atoms with van der Waals surface area (Å²) in [7, 11) is 0. The Morgan fingerprint density at radius 3 is 1.91 bits per heavy atom. The molecule has 7 aromatic carbocycles. The molecule has 0 radical (unpaired) electrons. The Bertz CT molecular complexity index is 2500. The van der Waals surface area contributed by atoms with E-state index in [1.807, 2.05) is 36.1 Å². The first kappa shape index (κ1) is 28.9. The lowest BCUT2D eigenvalue weighted by Gasteiger charge is -2.34. The molecule has 1 amide bonds. The molecule has 2 heteroatoms. The van der Waals surface area contributed by atoms with Crippen LogP contribution in [0.4, 0.5) is 5.69 Å². The minimum atomic E-state index is 0.0832. The zero-order valence-electron chi connectivity index (χ0n) is 27.5. The molecule has 0 saturated heterocycles. The molecular formula is C45H35NO. The van der Waals surface area contributed by atoms with Crippen molar-refractivity contribution in [2.45, 2.75) is 53.0 Å². The van der Waals surface area contributed by atoms with Gasteiger partial charge in [0.1, 0.15) is 0 Å². The van der Waals surface area contributed by atoms with Crippen LogP contribution in [0.2, 0.25) is 0 Å². The summed E-state index contributed by atoms with van der Waals surface area (Å²) in [5, 5.41) is 9.39. The van der Waals surface area contributed by atoms with Crippen LogP contribution in [-0.4, -0.2) is 5.91 Å². The molecule has 0 fully saturated rings. The summed E-state index contributed by atoms with van der Waals surface area (Å²) >= 11 is 0. The van der Waals surface area contributed by atoms with Crippen molar-refractivity contribution < 1.29 is 4.79 Å². The van der Waals surface area contributed by atoms with Crippen LogP contribution in [-0.2, 0) is 6.54 Å². The molecule has 0 saturated carbocycles. The van der Waals surface area contributed by atoms with Crippen molar-refractivity contribution in [1.29, 1.82) is 0 Å². The third kappa shape index (κ3) is 4.48. The van der Waals surface area contributed by atoms with Crippen molar-refractivity contribution in [2.24, 2.45) is 0 Å². The summed E-state index contributed by atoms with van der Waals surface area (Å²) < 4.78 is 0. The van der Waals surface area contributed by atoms with E-state index in [4.69, 9.17) is 0 Å². The van der Waals surface area contributed by atoms with Crippen molar-refractivity contribution in [3.05, 3.63) is 136 Å². The number of carbonyl (C=O) groups is 1. The molecular weight excluding hydrogens is 571 g/mol. The van der Waals surface area contributed by atoms with E-state index >= 15 is 0 Å². The lowest BCUT2D eigenvalue weighted by molar-refractivity contribution is 0.0983. The minimum Gasteiger partial charge on any atom is -0.303 e. The molecule has 0 aromatic heterocycles. The van der Waals surface area contributed by atoms with Crippen LogP contribution >= 0.6 is 0 Å². The molecule has 1 aliphatic heterocycles. The minimum absolute atomic E-state index is 0.0832. The number of carbonyl (C=O) groups excluding carboxylic acids is 1. The van der Waals surface area contributed by atoms with Gasteiger partial charge in [0, 0.05) is 27.6 Å². The number of fused-ring (bicyclic) bond motifs is 2. The van der Waals surface area contributed by atoms with Gasteiger partial charge in [-0.25, -0.2) is 0 Å². The first-order chi connectivity index (χ1) is 22.9. The van der Waals surface area contributed by atoms with Crippen molar-refractivity contribution in [3.63, 3.8) is 0 Å². The summed E-state index contributed by atoms with van der Waals surface area (Å²) in [4.78, 5) is 16.6. The third-order valence-electron chi connectivity index (χ3n) is 9.76. The third-order valence-corrected chi connectivity index (χ3v) is 9.76. The number of hydrogen-bond donors (Lipinski definition) is 0. The Morgan fingerprint density at radius 2 is 1.19 bits per heavy atom. The highest BCUT2D eigenvalue weighted by Gasteiger charge is 2.32. The quantitative estimate of drug-likeness (QED) is 0.111. The van der Waals surface area contributed by atoms with Crippen LogP contribution in [0.5, 0.6) is 0 Å². The Morgan fingerprint density at radius 1 is 0.596 bits per heavy atom. The highest BCUT2D eigenvalue weighted by atomic mass is 16.2. The lowest BCUT2D eigenvalue weighted by Crippen LogP contribution is -2.35. The molecule has 2 nitrogen and oxygen atoms in total. The van der Waals surface area contributed by atoms with Crippen LogP contribution < -0.4 is 4.90 Å². The smallest absolute Gasteiger partial charge is 0.259 e. The van der Waals surface area contributed by atoms with Gasteiger partial charge >= 0.3 is 0 Å². The van der Waals surface area contributed by atoms with Gasteiger partial charge in [0.2, 0.25) is 0 Å². The average molecular weight is 606 g/mol. The molecule has 1 aliphatic rings. The standard InChI is InChI=1S/C45H35NO/c1-6-10-29-11-7-12-30(25-29)17-18-31-19-21-37-38-22-20-32-26-46(44-33(27(2)3)13-8-14-34(44)28(4)5)45(47)40-24-23-39(43(38)41(32)40)36-16-9-15-35(31)42(36)37/h7-9,11-16,19-25,27-28H,26H2,1-5H3. The van der Waals surface area contributed by atoms with Gasteiger partial charge in [0.05, 0.1) is 12.2 Å². The van der Waals surface area contributed by atoms with E-state index in [9.17, 15) is 4.79 Å². The maximum atomic E-state index is 14.5. The van der Waals surface area contributed by atoms with Crippen LogP contribution in [0.25, 0.3) is 43.1 Å². The summed E-state index contributed by atoms with van der Waals surface area (Å²) in [6.07, 6.45) is 0. The maximum Gasteiger partial charge on any atom is 0.259 e. The maximum absolute atomic E-state index is 14.5. The van der Waals surface area contributed by atoms with Crippen LogP contribution in [0.15, 0.2) is 97.1 Å². The molecule has 0 atom stereocenters. The van der Waals surface area contributed by atoms with Crippen molar-refractivity contribution >= 4 is 54.7 Å². The molecule has 0 spiro atoms. The lowest BCUT2D eigenvalue weighted by atomic mass is 9.83. The first-order valence-electron chi connectivity index (χ1n) is 16.5. The number of rotatable bonds is 3. The monoisotopic (exact) mass is 605 g/mol. The van der Waals surface area contributed by atoms with E-state index in [0.717, 1.165) is 38.7 Å². The number of anilines is 1. The summed E-state index contributed by atoms with van der Waals surface area (Å²) in [5.41, 5.74) is 8.43. The predicted octanol–water partition coefficient (Wildman–Crippen LogP) is 10.9. The van der Waals surface area contributed by atoms with Gasteiger partial charge in [-0.1, -0.05) is 112 Å². The highest BCUT2D eigenvalue weighted by molar-refractivity contribution is 6.36. The highest BCUT2D eigenvalue weighted by Crippen LogP contribution is 2.46. The Kier molecular flexibility index (Phi) is 6.79. The van der Waals surface area contributed by atoms with E-state index in [1.165, 1.54) is 49.0 Å². The molecule has 0 aliphatic carbocycles. The second kappa shape index (κ2) is 11.0. The topological polar surface area (TPSA) is 20.3 Å². The SMILES string of the molecule is CC#Cc1cccc(C#Cc2ccc3c4ccc5c6c(ccc(c7cccc2c37)c64)C(=O)N(c2c(C(C)C)cccc2C(C)C)C5)c1. The average Bonchev–Trinajstić information content (AvgIpc) is 3.08. The molecule has 7 aromatic rings. The molecule has 47 heavy (non-hydrogen) atoms. The Balaban J connectivity index is 1.32. The number of para-hydroxylation sites is 1. The summed E-state index contributed by atoms with van der Waals surface area (Å²) in [5.74, 6) is 13.6. The molecule has 8 rings (SSSR count). The van der Waals surface area contributed by atoms with Crippen molar-refractivity contribution in [1.82, 2.24) is 0 Å². The fraction of sp³-hybridized carbons (Fsp3) is 0.178. The van der Waals surface area contributed by atoms with Crippen LogP contribution in [0, 0.1) is 23.7 Å². The van der Waals surface area contributed by atoms with E-state index in [2.05, 4.69) is 124 Å². The van der Waals surface area contributed by atoms with E-state index in [0.29, 0.717) is 18.4 Å². The number of amides is 1. The van der Waals surface area contributed by atoms with Crippen LogP contribution in [0.3, 0.4) is 0 Å². The second-order valence-electron chi connectivity index (χ2n) is 13.3. The van der Waals surface area contributed by atoms with Gasteiger partial charge in [-0.2, -0.15) is 0 Å². The molecule has 1 heterocycles. The van der Waals surface area contributed by atoms with Crippen LogP contribution in [0.1, 0.15) is 90.2 Å². The second-order valence-corrected chi connectivity index (χ2v) is 13.3. The number of hydrogen-bond acceptors (Lipinski definition) is 1. The number of nitrogens with zero attached hydrogens (tertiary/aromatic N) is 1. The largest absolute Gasteiger partial charge is 0.303 e. The van der Waals surface area contributed by atoms with E-state index in [-0.39, 0.29) is 5.91 Å². The van der Waals surface area contributed by atoms with Gasteiger partial charge in [0.15, 0.2) is 0 Å². The number of benzene rings is 7. The van der Waals surface area contributed by atoms with Gasteiger partial charge in [0.25, 0.3) is 5.91 Å². The fourth-order valence-electron chi connectivity index (χ4n) is 7.64. The Labute approximate surface area is 276 Å². The van der Waals surface area contributed by atoms with Gasteiger partial charge < -0.3 is 4.90 Å². The zero-order chi connectivity index (χ0) is 32.4. The first-order valence-corrected chi connectivity index (χ1v) is 16.5. The normalized spacial score (nSPS) is 12.7. The summed E-state index contributed by atoms with van der Waals surface area (Å²) in [6.45, 7) is 11.3.